The topological polar surface area (TPSA) is 58.6 Å². The molecule has 0 aromatic heterocycles. The van der Waals surface area contributed by atoms with E-state index >= 15 is 0 Å². The standard InChI is InChI=1S/C13H24N2O3.ClH/c1-5-13(7-6-8-14-13)12(17)15(3)9-10(2)11(16)18-4;/h10,14H,5-9H2,1-4H3;1H. The minimum absolute atomic E-state index is 0. The molecule has 1 rings (SSSR count). The van der Waals surface area contributed by atoms with Crippen LogP contribution < -0.4 is 5.32 Å². The van der Waals surface area contributed by atoms with Crippen LogP contribution in [0.2, 0.25) is 0 Å². The molecule has 0 aromatic carbocycles. The fourth-order valence-electron chi connectivity index (χ4n) is 2.58. The van der Waals surface area contributed by atoms with E-state index in [4.69, 9.17) is 0 Å². The van der Waals surface area contributed by atoms with Crippen LogP contribution in [0.4, 0.5) is 0 Å². The van der Waals surface area contributed by atoms with Gasteiger partial charge in [0.2, 0.25) is 5.91 Å². The van der Waals surface area contributed by atoms with Crippen molar-refractivity contribution in [3.05, 3.63) is 0 Å². The number of likely N-dealkylation sites (N-methyl/N-ethyl adjacent to an activating group) is 1. The Morgan fingerprint density at radius 1 is 1.47 bits per heavy atom. The van der Waals surface area contributed by atoms with Crippen molar-refractivity contribution in [2.24, 2.45) is 5.92 Å². The number of esters is 1. The summed E-state index contributed by atoms with van der Waals surface area (Å²) in [6.45, 7) is 5.08. The van der Waals surface area contributed by atoms with Gasteiger partial charge in [-0.25, -0.2) is 0 Å². The molecule has 1 amide bonds. The van der Waals surface area contributed by atoms with Gasteiger partial charge in [-0.05, 0) is 25.8 Å². The largest absolute Gasteiger partial charge is 0.469 e. The normalized spacial score (nSPS) is 23.4. The monoisotopic (exact) mass is 292 g/mol. The zero-order chi connectivity index (χ0) is 13.8. The number of nitrogens with zero attached hydrogens (tertiary/aromatic N) is 1. The Labute approximate surface area is 121 Å². The maximum atomic E-state index is 12.5. The number of nitrogens with one attached hydrogen (secondary N) is 1. The van der Waals surface area contributed by atoms with Crippen LogP contribution in [0, 0.1) is 5.92 Å². The minimum atomic E-state index is -0.426. The molecule has 1 aliphatic rings. The van der Waals surface area contributed by atoms with Crippen LogP contribution in [-0.2, 0) is 14.3 Å². The summed E-state index contributed by atoms with van der Waals surface area (Å²) >= 11 is 0. The van der Waals surface area contributed by atoms with Gasteiger partial charge in [0.1, 0.15) is 0 Å². The van der Waals surface area contributed by atoms with Gasteiger partial charge in [0.05, 0.1) is 18.6 Å². The minimum Gasteiger partial charge on any atom is -0.469 e. The van der Waals surface area contributed by atoms with Crippen LogP contribution in [0.25, 0.3) is 0 Å². The molecule has 2 atom stereocenters. The average molecular weight is 293 g/mol. The second kappa shape index (κ2) is 7.70. The summed E-state index contributed by atoms with van der Waals surface area (Å²) in [6, 6.07) is 0. The van der Waals surface area contributed by atoms with Gasteiger partial charge < -0.3 is 15.0 Å². The van der Waals surface area contributed by atoms with Crippen LogP contribution in [0.5, 0.6) is 0 Å². The van der Waals surface area contributed by atoms with E-state index in [2.05, 4.69) is 10.1 Å². The third-order valence-corrected chi connectivity index (χ3v) is 3.75. The molecule has 1 saturated heterocycles. The lowest BCUT2D eigenvalue weighted by molar-refractivity contribution is -0.147. The van der Waals surface area contributed by atoms with Crippen molar-refractivity contribution < 1.29 is 14.3 Å². The number of carbonyl (C=O) groups excluding carboxylic acids is 2. The van der Waals surface area contributed by atoms with Gasteiger partial charge in [0.25, 0.3) is 0 Å². The van der Waals surface area contributed by atoms with Crippen LogP contribution in [-0.4, -0.2) is 49.6 Å². The third-order valence-electron chi connectivity index (χ3n) is 3.75. The Morgan fingerprint density at radius 3 is 2.53 bits per heavy atom. The van der Waals surface area contributed by atoms with Gasteiger partial charge in [-0.2, -0.15) is 0 Å². The molecular weight excluding hydrogens is 268 g/mol. The van der Waals surface area contributed by atoms with E-state index in [1.807, 2.05) is 6.92 Å². The first-order chi connectivity index (χ1) is 8.46. The van der Waals surface area contributed by atoms with Crippen molar-refractivity contribution in [1.82, 2.24) is 10.2 Å². The zero-order valence-electron chi connectivity index (χ0n) is 12.2. The zero-order valence-corrected chi connectivity index (χ0v) is 13.0. The quantitative estimate of drug-likeness (QED) is 0.774. The molecule has 1 fully saturated rings. The molecular formula is C13H25ClN2O3. The summed E-state index contributed by atoms with van der Waals surface area (Å²) in [7, 11) is 3.12. The molecule has 0 saturated carbocycles. The molecule has 0 bridgehead atoms. The van der Waals surface area contributed by atoms with Gasteiger partial charge in [-0.1, -0.05) is 13.8 Å². The number of amides is 1. The molecule has 0 radical (unpaired) electrons. The third kappa shape index (κ3) is 4.08. The molecule has 0 aromatic rings. The second-order valence-corrected chi connectivity index (χ2v) is 5.08. The Hall–Kier alpha value is -0.810. The summed E-state index contributed by atoms with van der Waals surface area (Å²) < 4.78 is 4.68. The van der Waals surface area contributed by atoms with Crippen molar-refractivity contribution in [3.8, 4) is 0 Å². The maximum Gasteiger partial charge on any atom is 0.310 e. The van der Waals surface area contributed by atoms with Crippen LogP contribution in [0.3, 0.4) is 0 Å². The molecule has 1 heterocycles. The van der Waals surface area contributed by atoms with Gasteiger partial charge >= 0.3 is 5.97 Å². The summed E-state index contributed by atoms with van der Waals surface area (Å²) in [5.74, 6) is -0.489. The predicted molar refractivity (Wildman–Crippen MR) is 76.3 cm³/mol. The fraction of sp³-hybridized carbons (Fsp3) is 0.846. The van der Waals surface area contributed by atoms with E-state index in [1.54, 1.807) is 18.9 Å². The smallest absolute Gasteiger partial charge is 0.310 e. The highest BCUT2D eigenvalue weighted by molar-refractivity contribution is 5.87. The number of hydrogen-bond acceptors (Lipinski definition) is 4. The van der Waals surface area contributed by atoms with Gasteiger partial charge in [0.15, 0.2) is 0 Å². The SMILES string of the molecule is CCC1(C(=O)N(C)CC(C)C(=O)OC)CCCN1.Cl. The first kappa shape index (κ1) is 18.2. The molecule has 2 unspecified atom stereocenters. The van der Waals surface area contributed by atoms with Crippen LogP contribution in [0.15, 0.2) is 0 Å². The van der Waals surface area contributed by atoms with E-state index in [-0.39, 0.29) is 30.2 Å². The highest BCUT2D eigenvalue weighted by atomic mass is 35.5. The van der Waals surface area contributed by atoms with Crippen molar-refractivity contribution in [1.29, 1.82) is 0 Å². The van der Waals surface area contributed by atoms with E-state index < -0.39 is 5.54 Å². The molecule has 1 N–H and O–H groups in total. The number of rotatable bonds is 5. The molecule has 0 spiro atoms. The highest BCUT2D eigenvalue weighted by Crippen LogP contribution is 2.25. The van der Waals surface area contributed by atoms with Crippen molar-refractivity contribution >= 4 is 24.3 Å². The summed E-state index contributed by atoms with van der Waals surface area (Å²) in [5.41, 5.74) is -0.426. The van der Waals surface area contributed by atoms with Gasteiger partial charge in [-0.15, -0.1) is 12.4 Å². The predicted octanol–water partition coefficient (Wildman–Crippen LogP) is 1.21. The van der Waals surface area contributed by atoms with E-state index in [1.165, 1.54) is 7.11 Å². The molecule has 19 heavy (non-hydrogen) atoms. The average Bonchev–Trinajstić information content (AvgIpc) is 2.86. The number of carbonyl (C=O) groups is 2. The lowest BCUT2D eigenvalue weighted by Gasteiger charge is -2.32. The van der Waals surface area contributed by atoms with E-state index in [0.29, 0.717) is 6.54 Å². The van der Waals surface area contributed by atoms with E-state index in [9.17, 15) is 9.59 Å². The van der Waals surface area contributed by atoms with Crippen LogP contribution in [0.1, 0.15) is 33.1 Å². The van der Waals surface area contributed by atoms with Gasteiger partial charge in [0, 0.05) is 13.6 Å². The molecule has 112 valence electrons. The first-order valence-electron chi connectivity index (χ1n) is 6.55. The number of methoxy groups -OCH3 is 1. The molecule has 6 heteroatoms. The Bertz CT molecular complexity index is 317. The van der Waals surface area contributed by atoms with Crippen molar-refractivity contribution in [3.63, 3.8) is 0 Å². The number of hydrogen-bond donors (Lipinski definition) is 1. The first-order valence-corrected chi connectivity index (χ1v) is 6.55. The Balaban J connectivity index is 0.00000324. The summed E-state index contributed by atoms with van der Waals surface area (Å²) in [5, 5.41) is 3.31. The van der Waals surface area contributed by atoms with E-state index in [0.717, 1.165) is 25.8 Å². The Morgan fingerprint density at radius 2 is 2.11 bits per heavy atom. The Kier molecular flexibility index (Phi) is 7.37. The lowest BCUT2D eigenvalue weighted by atomic mass is 9.92. The fourth-order valence-corrected chi connectivity index (χ4v) is 2.58. The molecule has 0 aliphatic carbocycles. The lowest BCUT2D eigenvalue weighted by Crippen LogP contribution is -2.54. The number of ether oxygens (including phenoxy) is 1. The molecule has 1 aliphatic heterocycles. The van der Waals surface area contributed by atoms with Crippen LogP contribution >= 0.6 is 12.4 Å². The second-order valence-electron chi connectivity index (χ2n) is 5.08. The van der Waals surface area contributed by atoms with Gasteiger partial charge in [-0.3, -0.25) is 9.59 Å². The molecule has 5 nitrogen and oxygen atoms in total. The summed E-state index contributed by atoms with van der Waals surface area (Å²) in [6.07, 6.45) is 2.68. The number of halogens is 1. The summed E-state index contributed by atoms with van der Waals surface area (Å²) in [4.78, 5) is 25.5. The van der Waals surface area contributed by atoms with Crippen molar-refractivity contribution in [2.45, 2.75) is 38.6 Å². The highest BCUT2D eigenvalue weighted by Gasteiger charge is 2.41. The maximum absolute atomic E-state index is 12.5. The van der Waals surface area contributed by atoms with Crippen molar-refractivity contribution in [2.75, 3.05) is 27.2 Å².